The van der Waals surface area contributed by atoms with Gasteiger partial charge in [-0.25, -0.2) is 13.8 Å². The van der Waals surface area contributed by atoms with Crippen LogP contribution in [0.4, 0.5) is 14.5 Å². The Bertz CT molecular complexity index is 411. The van der Waals surface area contributed by atoms with Crippen LogP contribution in [-0.2, 0) is 0 Å². The quantitative estimate of drug-likeness (QED) is 0.587. The van der Waals surface area contributed by atoms with Gasteiger partial charge in [0.05, 0.1) is 19.1 Å². The van der Waals surface area contributed by atoms with E-state index < -0.39 is 28.5 Å². The highest BCUT2D eigenvalue weighted by Gasteiger charge is 2.27. The Morgan fingerprint density at radius 2 is 1.94 bits per heavy atom. The monoisotopic (exact) mass is 234 g/mol. The minimum atomic E-state index is -2.90. The molecule has 88 valence electrons. The highest BCUT2D eigenvalue weighted by atomic mass is 19.3. The molecule has 0 aliphatic carbocycles. The molecule has 1 aromatic heterocycles. The van der Waals surface area contributed by atoms with Gasteiger partial charge in [-0.2, -0.15) is 0 Å². The largest absolute Gasteiger partial charge is 0.491 e. The molecule has 8 heteroatoms. The molecule has 1 heterocycles. The third-order valence-corrected chi connectivity index (χ3v) is 1.81. The molecule has 0 aliphatic heterocycles. The van der Waals surface area contributed by atoms with Crippen LogP contribution in [0.2, 0.25) is 0 Å². The summed E-state index contributed by atoms with van der Waals surface area (Å²) in [5.74, 6) is -0.787. The van der Waals surface area contributed by atoms with E-state index in [0.717, 1.165) is 14.2 Å². The van der Waals surface area contributed by atoms with Crippen LogP contribution in [0.1, 0.15) is 12.1 Å². The summed E-state index contributed by atoms with van der Waals surface area (Å²) in [6.45, 7) is 0. The lowest BCUT2D eigenvalue weighted by molar-refractivity contribution is -0.386. The first-order valence-corrected chi connectivity index (χ1v) is 4.06. The number of hydrogen-bond donors (Lipinski definition) is 0. The minimum absolute atomic E-state index is 0.363. The van der Waals surface area contributed by atoms with Crippen LogP contribution in [-0.4, -0.2) is 24.1 Å². The number of hydrogen-bond acceptors (Lipinski definition) is 5. The fourth-order valence-electron chi connectivity index (χ4n) is 1.16. The molecular formula is C8H8F2N2O4. The van der Waals surface area contributed by atoms with Gasteiger partial charge in [-0.3, -0.25) is 10.1 Å². The number of nitrogens with zero attached hydrogens (tertiary/aromatic N) is 2. The third-order valence-electron chi connectivity index (χ3n) is 1.81. The SMILES string of the molecule is COc1c([N+](=O)[O-])cnc(C(F)F)c1OC. The van der Waals surface area contributed by atoms with Gasteiger partial charge in [0, 0.05) is 0 Å². The van der Waals surface area contributed by atoms with E-state index in [0.29, 0.717) is 6.20 Å². The Labute approximate surface area is 89.0 Å². The maximum absolute atomic E-state index is 12.5. The van der Waals surface area contributed by atoms with E-state index in [1.54, 1.807) is 0 Å². The third kappa shape index (κ3) is 2.00. The van der Waals surface area contributed by atoms with E-state index in [9.17, 15) is 18.9 Å². The molecule has 1 aromatic rings. The van der Waals surface area contributed by atoms with Gasteiger partial charge < -0.3 is 9.47 Å². The summed E-state index contributed by atoms with van der Waals surface area (Å²) in [5, 5.41) is 10.6. The van der Waals surface area contributed by atoms with Gasteiger partial charge in [-0.1, -0.05) is 0 Å². The minimum Gasteiger partial charge on any atom is -0.491 e. The van der Waals surface area contributed by atoms with Crippen LogP contribution >= 0.6 is 0 Å². The molecule has 0 spiro atoms. The van der Waals surface area contributed by atoms with E-state index in [1.807, 2.05) is 0 Å². The van der Waals surface area contributed by atoms with Crippen LogP contribution in [0.3, 0.4) is 0 Å². The molecule has 0 unspecified atom stereocenters. The lowest BCUT2D eigenvalue weighted by Gasteiger charge is -2.10. The fourth-order valence-corrected chi connectivity index (χ4v) is 1.16. The number of alkyl halides is 2. The summed E-state index contributed by atoms with van der Waals surface area (Å²) in [5.41, 5.74) is -1.21. The van der Waals surface area contributed by atoms with Crippen molar-refractivity contribution in [3.63, 3.8) is 0 Å². The fraction of sp³-hybridized carbons (Fsp3) is 0.375. The molecule has 16 heavy (non-hydrogen) atoms. The van der Waals surface area contributed by atoms with Crippen molar-refractivity contribution < 1.29 is 23.2 Å². The number of methoxy groups -OCH3 is 2. The second-order valence-corrected chi connectivity index (χ2v) is 2.65. The standard InChI is InChI=1S/C8H8F2N2O4/c1-15-6-4(12(13)14)3-11-5(8(9)10)7(6)16-2/h3,8H,1-2H3. The van der Waals surface area contributed by atoms with Crippen LogP contribution in [0, 0.1) is 10.1 Å². The summed E-state index contributed by atoms with van der Waals surface area (Å²) < 4.78 is 34.3. The molecule has 0 N–H and O–H groups in total. The summed E-state index contributed by atoms with van der Waals surface area (Å²) in [6.07, 6.45) is -2.19. The maximum Gasteiger partial charge on any atom is 0.332 e. The van der Waals surface area contributed by atoms with Crippen LogP contribution in [0.5, 0.6) is 11.5 Å². The first-order valence-electron chi connectivity index (χ1n) is 4.06. The summed E-state index contributed by atoms with van der Waals surface area (Å²) in [4.78, 5) is 13.1. The van der Waals surface area contributed by atoms with Crippen molar-refractivity contribution in [3.05, 3.63) is 22.0 Å². The first kappa shape index (κ1) is 12.1. The number of nitro groups is 1. The Hall–Kier alpha value is -1.99. The molecule has 0 aromatic carbocycles. The zero-order valence-electron chi connectivity index (χ0n) is 8.44. The molecule has 0 atom stereocenters. The number of ether oxygens (including phenoxy) is 2. The summed E-state index contributed by atoms with van der Waals surface area (Å²) >= 11 is 0. The van der Waals surface area contributed by atoms with Crippen molar-refractivity contribution in [1.29, 1.82) is 0 Å². The lowest BCUT2D eigenvalue weighted by Crippen LogP contribution is -2.03. The first-order chi connectivity index (χ1) is 7.52. The average molecular weight is 234 g/mol. The Morgan fingerprint density at radius 1 is 1.38 bits per heavy atom. The normalized spacial score (nSPS) is 10.3. The van der Waals surface area contributed by atoms with E-state index in [-0.39, 0.29) is 5.75 Å². The summed E-state index contributed by atoms with van der Waals surface area (Å²) in [6, 6.07) is 0. The lowest BCUT2D eigenvalue weighted by atomic mass is 10.3. The van der Waals surface area contributed by atoms with Gasteiger partial charge in [0.15, 0.2) is 11.4 Å². The predicted octanol–water partition coefficient (Wildman–Crippen LogP) is 1.94. The molecule has 0 radical (unpaired) electrons. The summed E-state index contributed by atoms with van der Waals surface area (Å²) in [7, 11) is 2.23. The molecule has 1 rings (SSSR count). The predicted molar refractivity (Wildman–Crippen MR) is 49.0 cm³/mol. The van der Waals surface area contributed by atoms with Gasteiger partial charge in [-0.05, 0) is 0 Å². The zero-order chi connectivity index (χ0) is 12.3. The molecule has 0 aliphatic rings. The van der Waals surface area contributed by atoms with Gasteiger partial charge >= 0.3 is 5.69 Å². The Balaban J connectivity index is 3.46. The number of rotatable bonds is 4. The van der Waals surface area contributed by atoms with Gasteiger partial charge in [0.25, 0.3) is 6.43 Å². The Kier molecular flexibility index (Phi) is 3.54. The van der Waals surface area contributed by atoms with Crippen molar-refractivity contribution in [1.82, 2.24) is 4.98 Å². The average Bonchev–Trinajstić information content (AvgIpc) is 2.26. The zero-order valence-corrected chi connectivity index (χ0v) is 8.44. The maximum atomic E-state index is 12.5. The Morgan fingerprint density at radius 3 is 2.31 bits per heavy atom. The molecule has 0 saturated heterocycles. The highest BCUT2D eigenvalue weighted by molar-refractivity contribution is 5.56. The van der Waals surface area contributed by atoms with Crippen LogP contribution in [0.25, 0.3) is 0 Å². The van der Waals surface area contributed by atoms with E-state index in [2.05, 4.69) is 14.5 Å². The second-order valence-electron chi connectivity index (χ2n) is 2.65. The number of aromatic nitrogens is 1. The van der Waals surface area contributed by atoms with E-state index >= 15 is 0 Å². The molecule has 6 nitrogen and oxygen atoms in total. The highest BCUT2D eigenvalue weighted by Crippen LogP contribution is 2.41. The molecule has 0 bridgehead atoms. The van der Waals surface area contributed by atoms with Crippen LogP contribution in [0.15, 0.2) is 6.20 Å². The molecule has 0 amide bonds. The van der Waals surface area contributed by atoms with Crippen molar-refractivity contribution in [2.75, 3.05) is 14.2 Å². The number of pyridine rings is 1. The molecule has 0 saturated carbocycles. The van der Waals surface area contributed by atoms with E-state index in [1.165, 1.54) is 0 Å². The molecule has 0 fully saturated rings. The van der Waals surface area contributed by atoms with Gasteiger partial charge in [-0.15, -0.1) is 0 Å². The molecular weight excluding hydrogens is 226 g/mol. The van der Waals surface area contributed by atoms with Gasteiger partial charge in [0.2, 0.25) is 5.75 Å². The van der Waals surface area contributed by atoms with Crippen LogP contribution < -0.4 is 9.47 Å². The topological polar surface area (TPSA) is 74.5 Å². The van der Waals surface area contributed by atoms with Crippen molar-refractivity contribution >= 4 is 5.69 Å². The van der Waals surface area contributed by atoms with Crippen molar-refractivity contribution in [3.8, 4) is 11.5 Å². The van der Waals surface area contributed by atoms with Crippen molar-refractivity contribution in [2.24, 2.45) is 0 Å². The van der Waals surface area contributed by atoms with Crippen molar-refractivity contribution in [2.45, 2.75) is 6.43 Å². The second kappa shape index (κ2) is 4.69. The smallest absolute Gasteiger partial charge is 0.332 e. The number of halogens is 2. The van der Waals surface area contributed by atoms with Gasteiger partial charge in [0.1, 0.15) is 6.20 Å². The van der Waals surface area contributed by atoms with E-state index in [4.69, 9.17) is 0 Å².